The van der Waals surface area contributed by atoms with Crippen molar-refractivity contribution in [3.63, 3.8) is 0 Å². The topological polar surface area (TPSA) is 90.9 Å². The lowest BCUT2D eigenvalue weighted by Crippen LogP contribution is -2.41. The van der Waals surface area contributed by atoms with E-state index in [1.807, 2.05) is 12.1 Å². The molecule has 25 heavy (non-hydrogen) atoms. The molecule has 2 aromatic rings. The highest BCUT2D eigenvalue weighted by Crippen LogP contribution is 2.17. The summed E-state index contributed by atoms with van der Waals surface area (Å²) in [6.45, 7) is 3.03. The molecule has 130 valence electrons. The van der Waals surface area contributed by atoms with Gasteiger partial charge in [-0.05, 0) is 36.4 Å². The number of hydrogen-bond donors (Lipinski definition) is 3. The van der Waals surface area contributed by atoms with Crippen LogP contribution < -0.4 is 15.8 Å². The third-order valence-corrected chi connectivity index (χ3v) is 3.94. The molecule has 1 heterocycles. The maximum absolute atomic E-state index is 12.1. The van der Waals surface area contributed by atoms with Gasteiger partial charge in [-0.3, -0.25) is 20.4 Å². The molecule has 3 N–H and O–H groups in total. The molecule has 0 unspecified atom stereocenters. The van der Waals surface area contributed by atoms with Gasteiger partial charge in [0.2, 0.25) is 0 Å². The standard InChI is InChI=1S/C18H19N3O4/c22-16-4-2-1-3-15(16)18(24)20-19-17(23)13-5-7-14(8-6-13)21-9-11-25-12-10-21/h1-8,22H,9-12H2,(H,19,23)(H,20,24). The Balaban J connectivity index is 1.58. The summed E-state index contributed by atoms with van der Waals surface area (Å²) in [5.74, 6) is -1.17. The Morgan fingerprint density at radius 2 is 1.56 bits per heavy atom. The molecule has 0 saturated carbocycles. The van der Waals surface area contributed by atoms with Gasteiger partial charge in [0.05, 0.1) is 18.8 Å². The highest BCUT2D eigenvalue weighted by Gasteiger charge is 2.14. The predicted molar refractivity (Wildman–Crippen MR) is 92.5 cm³/mol. The van der Waals surface area contributed by atoms with E-state index >= 15 is 0 Å². The number of carbonyl (C=O) groups is 2. The number of benzene rings is 2. The number of aromatic hydroxyl groups is 1. The Kier molecular flexibility index (Phi) is 5.15. The molecular formula is C18H19N3O4. The van der Waals surface area contributed by atoms with E-state index in [0.29, 0.717) is 18.8 Å². The van der Waals surface area contributed by atoms with Gasteiger partial charge in [0.1, 0.15) is 5.75 Å². The van der Waals surface area contributed by atoms with Crippen LogP contribution in [-0.2, 0) is 4.74 Å². The number of ether oxygens (including phenoxy) is 1. The van der Waals surface area contributed by atoms with Crippen LogP contribution in [0.1, 0.15) is 20.7 Å². The van der Waals surface area contributed by atoms with Crippen molar-refractivity contribution in [3.8, 4) is 5.75 Å². The molecule has 1 saturated heterocycles. The van der Waals surface area contributed by atoms with Gasteiger partial charge in [-0.1, -0.05) is 12.1 Å². The van der Waals surface area contributed by atoms with Gasteiger partial charge in [0.25, 0.3) is 11.8 Å². The molecule has 0 bridgehead atoms. The maximum atomic E-state index is 12.1. The predicted octanol–water partition coefficient (Wildman–Crippen LogP) is 1.30. The van der Waals surface area contributed by atoms with Crippen LogP contribution in [0.4, 0.5) is 5.69 Å². The lowest BCUT2D eigenvalue weighted by Gasteiger charge is -2.28. The Bertz CT molecular complexity index is 755. The quantitative estimate of drug-likeness (QED) is 0.732. The van der Waals surface area contributed by atoms with Crippen LogP contribution in [0.25, 0.3) is 0 Å². The van der Waals surface area contributed by atoms with Crippen molar-refractivity contribution in [2.24, 2.45) is 0 Å². The first kappa shape index (κ1) is 16.8. The summed E-state index contributed by atoms with van der Waals surface area (Å²) in [7, 11) is 0. The molecule has 2 aromatic carbocycles. The van der Waals surface area contributed by atoms with Crippen LogP contribution in [0.15, 0.2) is 48.5 Å². The number of amides is 2. The fourth-order valence-corrected chi connectivity index (χ4v) is 2.56. The summed E-state index contributed by atoms with van der Waals surface area (Å²) in [6.07, 6.45) is 0. The van der Waals surface area contributed by atoms with Crippen molar-refractivity contribution < 1.29 is 19.4 Å². The Morgan fingerprint density at radius 3 is 2.24 bits per heavy atom. The van der Waals surface area contributed by atoms with Crippen LogP contribution >= 0.6 is 0 Å². The number of morpholine rings is 1. The van der Waals surface area contributed by atoms with Crippen molar-refractivity contribution in [3.05, 3.63) is 59.7 Å². The summed E-state index contributed by atoms with van der Waals surface area (Å²) in [5, 5.41) is 9.63. The van der Waals surface area contributed by atoms with E-state index in [9.17, 15) is 14.7 Å². The van der Waals surface area contributed by atoms with E-state index in [0.717, 1.165) is 18.8 Å². The number of carbonyl (C=O) groups excluding carboxylic acids is 2. The SMILES string of the molecule is O=C(NNC(=O)c1ccccc1O)c1ccc(N2CCOCC2)cc1. The number of phenolic OH excluding ortho intramolecular Hbond substituents is 1. The minimum absolute atomic E-state index is 0.0884. The monoisotopic (exact) mass is 341 g/mol. The highest BCUT2D eigenvalue weighted by molar-refractivity contribution is 6.00. The number of hydrazine groups is 1. The fraction of sp³-hybridized carbons (Fsp3) is 0.222. The first-order valence-corrected chi connectivity index (χ1v) is 7.96. The van der Waals surface area contributed by atoms with Crippen LogP contribution in [-0.4, -0.2) is 43.2 Å². The molecule has 1 aliphatic heterocycles. The number of para-hydroxylation sites is 1. The van der Waals surface area contributed by atoms with Gasteiger partial charge in [0.15, 0.2) is 0 Å². The second kappa shape index (κ2) is 7.67. The van der Waals surface area contributed by atoms with Crippen LogP contribution in [0, 0.1) is 0 Å². The van der Waals surface area contributed by atoms with E-state index in [2.05, 4.69) is 15.8 Å². The summed E-state index contributed by atoms with van der Waals surface area (Å²) in [4.78, 5) is 26.3. The normalized spacial score (nSPS) is 14.0. The van der Waals surface area contributed by atoms with Crippen molar-refractivity contribution in [1.82, 2.24) is 10.9 Å². The van der Waals surface area contributed by atoms with Gasteiger partial charge in [-0.15, -0.1) is 0 Å². The fourth-order valence-electron chi connectivity index (χ4n) is 2.56. The average molecular weight is 341 g/mol. The summed E-state index contributed by atoms with van der Waals surface area (Å²) in [5.41, 5.74) is 6.17. The zero-order valence-corrected chi connectivity index (χ0v) is 13.6. The first-order chi connectivity index (χ1) is 12.1. The first-order valence-electron chi connectivity index (χ1n) is 7.96. The van der Waals surface area contributed by atoms with Gasteiger partial charge < -0.3 is 14.7 Å². The largest absolute Gasteiger partial charge is 0.507 e. The Morgan fingerprint density at radius 1 is 0.920 bits per heavy atom. The van der Waals surface area contributed by atoms with Crippen molar-refractivity contribution in [2.75, 3.05) is 31.2 Å². The Hall–Kier alpha value is -3.06. The maximum Gasteiger partial charge on any atom is 0.273 e. The van der Waals surface area contributed by atoms with E-state index in [4.69, 9.17) is 4.74 Å². The second-order valence-corrected chi connectivity index (χ2v) is 5.57. The molecule has 0 spiro atoms. The zero-order chi connectivity index (χ0) is 17.6. The molecule has 0 aliphatic carbocycles. The molecule has 0 atom stereocenters. The number of rotatable bonds is 3. The van der Waals surface area contributed by atoms with Gasteiger partial charge in [0, 0.05) is 24.3 Å². The summed E-state index contributed by atoms with van der Waals surface area (Å²) < 4.78 is 5.32. The number of hydrogen-bond acceptors (Lipinski definition) is 5. The molecule has 1 aliphatic rings. The van der Waals surface area contributed by atoms with E-state index < -0.39 is 11.8 Å². The zero-order valence-electron chi connectivity index (χ0n) is 13.6. The lowest BCUT2D eigenvalue weighted by molar-refractivity contribution is 0.0845. The molecule has 0 radical (unpaired) electrons. The van der Waals surface area contributed by atoms with Gasteiger partial charge in [-0.25, -0.2) is 0 Å². The van der Waals surface area contributed by atoms with E-state index in [1.54, 1.807) is 24.3 Å². The Labute approximate surface area is 145 Å². The summed E-state index contributed by atoms with van der Waals surface area (Å²) in [6, 6.07) is 13.2. The van der Waals surface area contributed by atoms with Gasteiger partial charge >= 0.3 is 0 Å². The van der Waals surface area contributed by atoms with Gasteiger partial charge in [-0.2, -0.15) is 0 Å². The van der Waals surface area contributed by atoms with Crippen molar-refractivity contribution in [1.29, 1.82) is 0 Å². The van der Waals surface area contributed by atoms with E-state index in [-0.39, 0.29) is 11.3 Å². The molecular weight excluding hydrogens is 322 g/mol. The van der Waals surface area contributed by atoms with Crippen molar-refractivity contribution >= 4 is 17.5 Å². The minimum atomic E-state index is -0.587. The smallest absolute Gasteiger partial charge is 0.273 e. The number of nitrogens with zero attached hydrogens (tertiary/aromatic N) is 1. The van der Waals surface area contributed by atoms with Crippen LogP contribution in [0.2, 0.25) is 0 Å². The van der Waals surface area contributed by atoms with Crippen molar-refractivity contribution in [2.45, 2.75) is 0 Å². The van der Waals surface area contributed by atoms with Crippen LogP contribution in [0.3, 0.4) is 0 Å². The molecule has 7 nitrogen and oxygen atoms in total. The number of anilines is 1. The lowest BCUT2D eigenvalue weighted by atomic mass is 10.2. The molecule has 1 fully saturated rings. The molecule has 0 aromatic heterocycles. The second-order valence-electron chi connectivity index (χ2n) is 5.57. The molecule has 7 heteroatoms. The third-order valence-electron chi connectivity index (χ3n) is 3.94. The summed E-state index contributed by atoms with van der Waals surface area (Å²) >= 11 is 0. The molecule has 3 rings (SSSR count). The highest BCUT2D eigenvalue weighted by atomic mass is 16.5. The third kappa shape index (κ3) is 4.07. The van der Waals surface area contributed by atoms with Crippen LogP contribution in [0.5, 0.6) is 5.75 Å². The number of nitrogens with one attached hydrogen (secondary N) is 2. The number of phenols is 1. The molecule has 2 amide bonds. The van der Waals surface area contributed by atoms with E-state index in [1.165, 1.54) is 12.1 Å². The minimum Gasteiger partial charge on any atom is -0.507 e. The average Bonchev–Trinajstić information content (AvgIpc) is 2.67.